The van der Waals surface area contributed by atoms with Crippen molar-refractivity contribution in [3.05, 3.63) is 21.7 Å². The van der Waals surface area contributed by atoms with Crippen molar-refractivity contribution >= 4 is 35.0 Å². The number of carbonyl (C=O) groups is 2. The lowest BCUT2D eigenvalue weighted by molar-refractivity contribution is 0.0654. The molecule has 0 saturated carbocycles. The van der Waals surface area contributed by atoms with Crippen LogP contribution in [0.1, 0.15) is 27.4 Å². The Bertz CT molecular complexity index is 524. The lowest BCUT2D eigenvalue weighted by Gasteiger charge is -2.09. The Morgan fingerprint density at radius 1 is 1.12 bits per heavy atom. The van der Waals surface area contributed by atoms with Gasteiger partial charge in [0.2, 0.25) is 0 Å². The highest BCUT2D eigenvalue weighted by atomic mass is 35.5. The maximum Gasteiger partial charge on any atom is 0.281 e. The number of aromatic nitrogens is 2. The summed E-state index contributed by atoms with van der Waals surface area (Å²) in [7, 11) is 0. The Morgan fingerprint density at radius 2 is 1.59 bits per heavy atom. The standard InChI is InChI=1S/C10H5Cl2N3O2/c1-2-3-4-15-9(16)5-6(10(15)17)14-8(12)7(11)13-5/h1H,3-4H2. The molecule has 0 aromatic carbocycles. The SMILES string of the molecule is C#CCCN1C(=O)c2nc(Cl)c(Cl)nc2C1=O. The van der Waals surface area contributed by atoms with Crippen LogP contribution in [0.25, 0.3) is 0 Å². The average Bonchev–Trinajstić information content (AvgIpc) is 2.51. The number of amides is 2. The van der Waals surface area contributed by atoms with Crippen molar-refractivity contribution < 1.29 is 9.59 Å². The molecular formula is C10H5Cl2N3O2. The van der Waals surface area contributed by atoms with Gasteiger partial charge in [-0.2, -0.15) is 0 Å². The van der Waals surface area contributed by atoms with Crippen LogP contribution < -0.4 is 0 Å². The van der Waals surface area contributed by atoms with Gasteiger partial charge in [-0.05, 0) is 0 Å². The van der Waals surface area contributed by atoms with Crippen LogP contribution >= 0.6 is 23.2 Å². The smallest absolute Gasteiger partial charge is 0.271 e. The lowest BCUT2D eigenvalue weighted by atomic mass is 10.3. The molecule has 0 N–H and O–H groups in total. The molecule has 5 nitrogen and oxygen atoms in total. The van der Waals surface area contributed by atoms with Crippen LogP contribution in [0.5, 0.6) is 0 Å². The first-order valence-corrected chi connectivity index (χ1v) is 5.34. The molecule has 0 bridgehead atoms. The number of halogens is 2. The fourth-order valence-corrected chi connectivity index (χ4v) is 1.67. The molecule has 7 heteroatoms. The zero-order valence-electron chi connectivity index (χ0n) is 8.41. The van der Waals surface area contributed by atoms with Crippen LogP contribution in [-0.4, -0.2) is 33.2 Å². The van der Waals surface area contributed by atoms with Crippen LogP contribution in [0, 0.1) is 12.3 Å². The van der Waals surface area contributed by atoms with Crippen molar-refractivity contribution in [2.45, 2.75) is 6.42 Å². The number of terminal acetylenes is 1. The van der Waals surface area contributed by atoms with Gasteiger partial charge in [-0.3, -0.25) is 14.5 Å². The molecule has 1 aliphatic rings. The fraction of sp³-hybridized carbons (Fsp3) is 0.200. The third-order valence-electron chi connectivity index (χ3n) is 2.19. The van der Waals surface area contributed by atoms with Crippen molar-refractivity contribution in [2.75, 3.05) is 6.54 Å². The minimum absolute atomic E-state index is 0.0820. The number of fused-ring (bicyclic) bond motifs is 1. The molecule has 0 atom stereocenters. The van der Waals surface area contributed by atoms with Gasteiger partial charge in [-0.1, -0.05) is 23.2 Å². The Balaban J connectivity index is 2.43. The van der Waals surface area contributed by atoms with Gasteiger partial charge in [-0.25, -0.2) is 9.97 Å². The number of nitrogens with zero attached hydrogens (tertiary/aromatic N) is 3. The van der Waals surface area contributed by atoms with Crippen molar-refractivity contribution in [3.8, 4) is 12.3 Å². The van der Waals surface area contributed by atoms with E-state index in [1.807, 2.05) is 0 Å². The van der Waals surface area contributed by atoms with E-state index in [1.54, 1.807) is 0 Å². The van der Waals surface area contributed by atoms with E-state index in [0.717, 1.165) is 4.90 Å². The summed E-state index contributed by atoms with van der Waals surface area (Å²) in [6, 6.07) is 0. The summed E-state index contributed by atoms with van der Waals surface area (Å²) in [6.45, 7) is 0.126. The molecule has 17 heavy (non-hydrogen) atoms. The summed E-state index contributed by atoms with van der Waals surface area (Å²) in [6.07, 6.45) is 5.35. The van der Waals surface area contributed by atoms with Crippen molar-refractivity contribution in [2.24, 2.45) is 0 Å². The average molecular weight is 270 g/mol. The number of hydrogen-bond donors (Lipinski definition) is 0. The molecule has 0 radical (unpaired) electrons. The highest BCUT2D eigenvalue weighted by Crippen LogP contribution is 2.25. The zero-order chi connectivity index (χ0) is 12.6. The fourth-order valence-electron chi connectivity index (χ4n) is 1.42. The largest absolute Gasteiger partial charge is 0.281 e. The first kappa shape index (κ1) is 11.8. The molecule has 2 heterocycles. The molecule has 0 spiro atoms. The second-order valence-corrected chi connectivity index (χ2v) is 3.93. The van der Waals surface area contributed by atoms with E-state index >= 15 is 0 Å². The highest BCUT2D eigenvalue weighted by Gasteiger charge is 2.38. The number of hydrogen-bond acceptors (Lipinski definition) is 4. The summed E-state index contributed by atoms with van der Waals surface area (Å²) in [5.41, 5.74) is -0.164. The number of rotatable bonds is 2. The predicted molar refractivity (Wildman–Crippen MR) is 60.9 cm³/mol. The molecule has 1 aromatic heterocycles. The lowest BCUT2D eigenvalue weighted by Crippen LogP contribution is -2.30. The Hall–Kier alpha value is -1.64. The van der Waals surface area contributed by atoms with Crippen LogP contribution in [0.15, 0.2) is 0 Å². The monoisotopic (exact) mass is 269 g/mol. The van der Waals surface area contributed by atoms with E-state index in [-0.39, 0.29) is 34.7 Å². The number of carbonyl (C=O) groups excluding carboxylic acids is 2. The van der Waals surface area contributed by atoms with E-state index < -0.39 is 11.8 Å². The van der Waals surface area contributed by atoms with Gasteiger partial charge in [0, 0.05) is 13.0 Å². The van der Waals surface area contributed by atoms with E-state index in [4.69, 9.17) is 29.6 Å². The Morgan fingerprint density at radius 3 is 2.00 bits per heavy atom. The van der Waals surface area contributed by atoms with Crippen LogP contribution in [0.3, 0.4) is 0 Å². The van der Waals surface area contributed by atoms with Gasteiger partial charge in [0.05, 0.1) is 0 Å². The molecule has 1 aromatic rings. The highest BCUT2D eigenvalue weighted by molar-refractivity contribution is 6.40. The van der Waals surface area contributed by atoms with E-state index in [1.165, 1.54) is 0 Å². The van der Waals surface area contributed by atoms with Crippen LogP contribution in [0.4, 0.5) is 0 Å². The first-order valence-electron chi connectivity index (χ1n) is 4.59. The summed E-state index contributed by atoms with van der Waals surface area (Å²) < 4.78 is 0. The number of imide groups is 1. The van der Waals surface area contributed by atoms with Gasteiger partial charge < -0.3 is 0 Å². The van der Waals surface area contributed by atoms with Gasteiger partial charge in [-0.15, -0.1) is 12.3 Å². The molecule has 0 unspecified atom stereocenters. The van der Waals surface area contributed by atoms with E-state index in [2.05, 4.69) is 15.9 Å². The summed E-state index contributed by atoms with van der Waals surface area (Å²) in [5, 5.41) is -0.212. The van der Waals surface area contributed by atoms with E-state index in [0.29, 0.717) is 0 Å². The summed E-state index contributed by atoms with van der Waals surface area (Å²) >= 11 is 11.3. The van der Waals surface area contributed by atoms with Gasteiger partial charge >= 0.3 is 0 Å². The third-order valence-corrected chi connectivity index (χ3v) is 2.81. The van der Waals surface area contributed by atoms with Crippen molar-refractivity contribution in [1.29, 1.82) is 0 Å². The topological polar surface area (TPSA) is 63.2 Å². The molecule has 2 rings (SSSR count). The maximum absolute atomic E-state index is 11.8. The predicted octanol–water partition coefficient (Wildman–Crippen LogP) is 1.40. The summed E-state index contributed by atoms with van der Waals surface area (Å²) in [4.78, 5) is 32.1. The van der Waals surface area contributed by atoms with E-state index in [9.17, 15) is 9.59 Å². The van der Waals surface area contributed by atoms with Crippen LogP contribution in [-0.2, 0) is 0 Å². The minimum atomic E-state index is -0.550. The van der Waals surface area contributed by atoms with Crippen molar-refractivity contribution in [3.63, 3.8) is 0 Å². The molecular weight excluding hydrogens is 265 g/mol. The first-order chi connectivity index (χ1) is 8.06. The quantitative estimate of drug-likeness (QED) is 0.602. The zero-order valence-corrected chi connectivity index (χ0v) is 9.92. The molecule has 2 amide bonds. The molecule has 1 aliphatic heterocycles. The molecule has 0 fully saturated rings. The molecule has 0 aliphatic carbocycles. The Kier molecular flexibility index (Phi) is 3.01. The second kappa shape index (κ2) is 4.32. The molecule has 0 saturated heterocycles. The second-order valence-electron chi connectivity index (χ2n) is 3.22. The van der Waals surface area contributed by atoms with Gasteiger partial charge in [0.25, 0.3) is 11.8 Å². The normalized spacial score (nSPS) is 13.8. The minimum Gasteiger partial charge on any atom is -0.271 e. The van der Waals surface area contributed by atoms with Crippen molar-refractivity contribution in [1.82, 2.24) is 14.9 Å². The van der Waals surface area contributed by atoms with Crippen LogP contribution in [0.2, 0.25) is 10.3 Å². The maximum atomic E-state index is 11.8. The molecule has 86 valence electrons. The summed E-state index contributed by atoms with van der Waals surface area (Å²) in [5.74, 6) is 1.25. The third kappa shape index (κ3) is 1.86. The van der Waals surface area contributed by atoms with Gasteiger partial charge in [0.1, 0.15) is 0 Å². The van der Waals surface area contributed by atoms with Gasteiger partial charge in [0.15, 0.2) is 21.7 Å². The Labute approximate surface area is 107 Å².